The Kier molecular flexibility index (Phi) is 3.57. The molecule has 0 aliphatic carbocycles. The summed E-state index contributed by atoms with van der Waals surface area (Å²) >= 11 is 3.30. The molecule has 1 amide bonds. The number of hydrogen-bond donors (Lipinski definition) is 2. The van der Waals surface area contributed by atoms with Gasteiger partial charge < -0.3 is 10.4 Å². The lowest BCUT2D eigenvalue weighted by Crippen LogP contribution is -2.14. The van der Waals surface area contributed by atoms with Gasteiger partial charge in [-0.1, -0.05) is 0 Å². The summed E-state index contributed by atoms with van der Waals surface area (Å²) in [6.07, 6.45) is 4.25. The molecule has 0 spiro atoms. The van der Waals surface area contributed by atoms with Crippen LogP contribution in [0.15, 0.2) is 35.2 Å². The number of rotatable bonds is 2. The number of carbonyl (C=O) groups excluding carboxylic acids is 1. The Morgan fingerprint density at radius 1 is 1.44 bits per heavy atom. The molecule has 5 nitrogen and oxygen atoms in total. The number of carbonyl (C=O) groups is 1. The lowest BCUT2D eigenvalue weighted by molar-refractivity contribution is 0.102. The number of aromatic hydroxyl groups is 1. The fourth-order valence-corrected chi connectivity index (χ4v) is 1.87. The average Bonchev–Trinajstić information content (AvgIpc) is 2.33. The normalized spacial score (nSPS) is 10.1. The van der Waals surface area contributed by atoms with Crippen molar-refractivity contribution in [2.24, 2.45) is 0 Å². The van der Waals surface area contributed by atoms with Crippen LogP contribution in [0.25, 0.3) is 0 Å². The van der Waals surface area contributed by atoms with Crippen LogP contribution in [0.4, 0.5) is 5.82 Å². The monoisotopic (exact) mass is 307 g/mol. The molecule has 0 saturated heterocycles. The largest absolute Gasteiger partial charge is 0.505 e. The third-order valence-corrected chi connectivity index (χ3v) is 2.76. The highest BCUT2D eigenvalue weighted by molar-refractivity contribution is 9.10. The van der Waals surface area contributed by atoms with Crippen molar-refractivity contribution >= 4 is 27.7 Å². The van der Waals surface area contributed by atoms with E-state index in [9.17, 15) is 9.90 Å². The standard InChI is InChI=1S/C12H10BrN3O2/c1-7-4-8(13)5-15-11(7)16-12(18)9-2-3-14-6-10(9)17/h2-6,17H,1H3,(H,15,16,18). The van der Waals surface area contributed by atoms with E-state index in [0.717, 1.165) is 10.0 Å². The first-order valence-electron chi connectivity index (χ1n) is 5.14. The third kappa shape index (κ3) is 2.65. The maximum Gasteiger partial charge on any atom is 0.260 e. The highest BCUT2D eigenvalue weighted by Crippen LogP contribution is 2.19. The van der Waals surface area contributed by atoms with E-state index in [4.69, 9.17) is 0 Å². The van der Waals surface area contributed by atoms with Crippen LogP contribution in [-0.2, 0) is 0 Å². The number of nitrogens with one attached hydrogen (secondary N) is 1. The zero-order valence-corrected chi connectivity index (χ0v) is 11.1. The molecular formula is C12H10BrN3O2. The molecule has 0 aromatic carbocycles. The Morgan fingerprint density at radius 2 is 2.22 bits per heavy atom. The van der Waals surface area contributed by atoms with Crippen LogP contribution in [-0.4, -0.2) is 21.0 Å². The molecule has 6 heteroatoms. The van der Waals surface area contributed by atoms with Gasteiger partial charge >= 0.3 is 0 Å². The topological polar surface area (TPSA) is 75.1 Å². The number of nitrogens with zero attached hydrogens (tertiary/aromatic N) is 2. The highest BCUT2D eigenvalue weighted by Gasteiger charge is 2.12. The summed E-state index contributed by atoms with van der Waals surface area (Å²) in [6, 6.07) is 3.29. The second-order valence-electron chi connectivity index (χ2n) is 3.67. The minimum Gasteiger partial charge on any atom is -0.505 e. The van der Waals surface area contributed by atoms with Gasteiger partial charge in [-0.2, -0.15) is 0 Å². The van der Waals surface area contributed by atoms with Crippen LogP contribution in [0.1, 0.15) is 15.9 Å². The predicted molar refractivity (Wildman–Crippen MR) is 70.5 cm³/mol. The summed E-state index contributed by atoms with van der Waals surface area (Å²) in [5, 5.41) is 12.2. The van der Waals surface area contributed by atoms with Gasteiger partial charge in [0.25, 0.3) is 5.91 Å². The molecule has 0 saturated carbocycles. The van der Waals surface area contributed by atoms with E-state index in [1.54, 1.807) is 6.20 Å². The van der Waals surface area contributed by atoms with Gasteiger partial charge in [0.1, 0.15) is 11.6 Å². The number of aryl methyl sites for hydroxylation is 1. The predicted octanol–water partition coefficient (Wildman–Crippen LogP) is 2.51. The van der Waals surface area contributed by atoms with Gasteiger partial charge in [0, 0.05) is 16.9 Å². The van der Waals surface area contributed by atoms with Gasteiger partial charge in [0.05, 0.1) is 11.8 Å². The molecule has 2 N–H and O–H groups in total. The van der Waals surface area contributed by atoms with E-state index in [1.807, 2.05) is 13.0 Å². The summed E-state index contributed by atoms with van der Waals surface area (Å²) in [7, 11) is 0. The van der Waals surface area contributed by atoms with Crippen LogP contribution in [0.5, 0.6) is 5.75 Å². The molecule has 2 aromatic heterocycles. The fraction of sp³-hybridized carbons (Fsp3) is 0.0833. The first kappa shape index (κ1) is 12.5. The molecule has 2 rings (SSSR count). The molecule has 0 aliphatic rings. The molecule has 18 heavy (non-hydrogen) atoms. The number of hydrogen-bond acceptors (Lipinski definition) is 4. The molecule has 0 fully saturated rings. The van der Waals surface area contributed by atoms with Gasteiger partial charge in [-0.15, -0.1) is 0 Å². The number of anilines is 1. The summed E-state index contributed by atoms with van der Waals surface area (Å²) in [4.78, 5) is 19.7. The molecular weight excluding hydrogens is 298 g/mol. The molecule has 0 unspecified atom stereocenters. The van der Waals surface area contributed by atoms with Crippen LogP contribution in [0.3, 0.4) is 0 Å². The van der Waals surface area contributed by atoms with Crippen molar-refractivity contribution in [1.29, 1.82) is 0 Å². The highest BCUT2D eigenvalue weighted by atomic mass is 79.9. The zero-order chi connectivity index (χ0) is 13.1. The van der Waals surface area contributed by atoms with Gasteiger partial charge in [0.2, 0.25) is 0 Å². The number of aromatic nitrogens is 2. The Morgan fingerprint density at radius 3 is 2.89 bits per heavy atom. The maximum absolute atomic E-state index is 11.9. The molecule has 0 aliphatic heterocycles. The van der Waals surface area contributed by atoms with Crippen molar-refractivity contribution in [3.8, 4) is 5.75 Å². The molecule has 0 radical (unpaired) electrons. The Bertz CT molecular complexity index is 602. The van der Waals surface area contributed by atoms with Gasteiger partial charge in [-0.05, 0) is 40.5 Å². The molecule has 0 bridgehead atoms. The van der Waals surface area contributed by atoms with Gasteiger partial charge in [-0.25, -0.2) is 4.98 Å². The van der Waals surface area contributed by atoms with Gasteiger partial charge in [-0.3, -0.25) is 9.78 Å². The van der Waals surface area contributed by atoms with Crippen molar-refractivity contribution in [1.82, 2.24) is 9.97 Å². The Labute approximate surface area is 112 Å². The van der Waals surface area contributed by atoms with E-state index in [0.29, 0.717) is 5.82 Å². The van der Waals surface area contributed by atoms with Crippen molar-refractivity contribution < 1.29 is 9.90 Å². The number of amides is 1. The first-order valence-corrected chi connectivity index (χ1v) is 5.93. The van der Waals surface area contributed by atoms with Gasteiger partial charge in [0.15, 0.2) is 0 Å². The number of halogens is 1. The lowest BCUT2D eigenvalue weighted by Gasteiger charge is -2.08. The first-order chi connectivity index (χ1) is 8.58. The van der Waals surface area contributed by atoms with Crippen molar-refractivity contribution in [3.05, 3.63) is 46.3 Å². The minimum absolute atomic E-state index is 0.161. The van der Waals surface area contributed by atoms with E-state index in [2.05, 4.69) is 31.2 Å². The van der Waals surface area contributed by atoms with Crippen LogP contribution < -0.4 is 5.32 Å². The van der Waals surface area contributed by atoms with Crippen LogP contribution in [0, 0.1) is 6.92 Å². The summed E-state index contributed by atoms with van der Waals surface area (Å²) in [5.41, 5.74) is 0.986. The zero-order valence-electron chi connectivity index (χ0n) is 9.51. The molecule has 92 valence electrons. The summed E-state index contributed by atoms with van der Waals surface area (Å²) in [5.74, 6) is -0.128. The fourth-order valence-electron chi connectivity index (χ4n) is 1.42. The second kappa shape index (κ2) is 5.14. The summed E-state index contributed by atoms with van der Waals surface area (Å²) in [6.45, 7) is 1.83. The average molecular weight is 308 g/mol. The number of pyridine rings is 2. The smallest absolute Gasteiger partial charge is 0.260 e. The van der Waals surface area contributed by atoms with Crippen molar-refractivity contribution in [2.45, 2.75) is 6.92 Å². The molecule has 0 atom stereocenters. The van der Waals surface area contributed by atoms with E-state index < -0.39 is 5.91 Å². The SMILES string of the molecule is Cc1cc(Br)cnc1NC(=O)c1ccncc1O. The lowest BCUT2D eigenvalue weighted by atomic mass is 10.2. The molecule has 2 heterocycles. The quantitative estimate of drug-likeness (QED) is 0.894. The maximum atomic E-state index is 11.9. The Hall–Kier alpha value is -1.95. The Balaban J connectivity index is 2.24. The van der Waals surface area contributed by atoms with Crippen LogP contribution >= 0.6 is 15.9 Å². The van der Waals surface area contributed by atoms with Crippen molar-refractivity contribution in [2.75, 3.05) is 5.32 Å². The van der Waals surface area contributed by atoms with E-state index in [-0.39, 0.29) is 11.3 Å². The minimum atomic E-state index is -0.423. The van der Waals surface area contributed by atoms with E-state index >= 15 is 0 Å². The van der Waals surface area contributed by atoms with Crippen molar-refractivity contribution in [3.63, 3.8) is 0 Å². The third-order valence-electron chi connectivity index (χ3n) is 2.32. The molecule has 2 aromatic rings. The van der Waals surface area contributed by atoms with E-state index in [1.165, 1.54) is 18.5 Å². The summed E-state index contributed by atoms with van der Waals surface area (Å²) < 4.78 is 0.838. The van der Waals surface area contributed by atoms with Crippen LogP contribution in [0.2, 0.25) is 0 Å². The second-order valence-corrected chi connectivity index (χ2v) is 4.58.